The lowest BCUT2D eigenvalue weighted by atomic mass is 10.2. The van der Waals surface area contributed by atoms with Crippen LogP contribution >= 0.6 is 11.3 Å². The third kappa shape index (κ3) is 4.71. The minimum absolute atomic E-state index is 0.00845. The largest absolute Gasteiger partial charge is 0.326 e. The molecule has 0 radical (unpaired) electrons. The topological polar surface area (TPSA) is 71.1 Å². The second-order valence-corrected chi connectivity index (χ2v) is 7.93. The van der Waals surface area contributed by atoms with E-state index in [0.717, 1.165) is 47.6 Å². The molecular formula is C21H21N3O2S. The lowest BCUT2D eigenvalue weighted by Gasteiger charge is -2.07. The number of carbonyl (C=O) groups is 2. The van der Waals surface area contributed by atoms with Crippen LogP contribution in [0.15, 0.2) is 48.5 Å². The maximum absolute atomic E-state index is 12.1. The molecule has 0 unspecified atom stereocenters. The summed E-state index contributed by atoms with van der Waals surface area (Å²) < 4.78 is 1.19. The molecule has 2 aromatic carbocycles. The van der Waals surface area contributed by atoms with E-state index in [4.69, 9.17) is 0 Å². The molecule has 27 heavy (non-hydrogen) atoms. The molecule has 0 saturated heterocycles. The van der Waals surface area contributed by atoms with E-state index in [1.54, 1.807) is 11.3 Å². The molecule has 1 aliphatic rings. The van der Waals surface area contributed by atoms with E-state index in [0.29, 0.717) is 6.42 Å². The number of thiazole rings is 1. The fourth-order valence-electron chi connectivity index (χ4n) is 2.88. The Bertz CT molecular complexity index is 928. The molecule has 0 aliphatic heterocycles. The van der Waals surface area contributed by atoms with E-state index in [2.05, 4.69) is 21.7 Å². The molecule has 2 amide bonds. The molecule has 0 spiro atoms. The fourth-order valence-corrected chi connectivity index (χ4v) is 3.89. The molecule has 1 fully saturated rings. The van der Waals surface area contributed by atoms with Gasteiger partial charge in [0.25, 0.3) is 0 Å². The van der Waals surface area contributed by atoms with Crippen LogP contribution in [0.4, 0.5) is 11.4 Å². The van der Waals surface area contributed by atoms with E-state index in [1.165, 1.54) is 4.70 Å². The van der Waals surface area contributed by atoms with Gasteiger partial charge in [0.1, 0.15) is 0 Å². The quantitative estimate of drug-likeness (QED) is 0.630. The first-order valence-corrected chi connectivity index (χ1v) is 10.0. The molecule has 2 N–H and O–H groups in total. The van der Waals surface area contributed by atoms with Crippen LogP contribution < -0.4 is 10.6 Å². The van der Waals surface area contributed by atoms with Crippen LogP contribution in [0.3, 0.4) is 0 Å². The van der Waals surface area contributed by atoms with Gasteiger partial charge in [0.15, 0.2) is 0 Å². The Morgan fingerprint density at radius 1 is 1.00 bits per heavy atom. The molecular weight excluding hydrogens is 358 g/mol. The number of nitrogens with one attached hydrogen (secondary N) is 2. The monoisotopic (exact) mass is 379 g/mol. The molecule has 1 saturated carbocycles. The third-order valence-corrected chi connectivity index (χ3v) is 5.61. The van der Waals surface area contributed by atoms with E-state index < -0.39 is 0 Å². The molecule has 5 nitrogen and oxygen atoms in total. The predicted octanol–water partition coefficient (Wildman–Crippen LogP) is 4.61. The number of carbonyl (C=O) groups excluding carboxylic acids is 2. The van der Waals surface area contributed by atoms with Crippen molar-refractivity contribution in [3.8, 4) is 0 Å². The zero-order valence-corrected chi connectivity index (χ0v) is 15.7. The Morgan fingerprint density at radius 3 is 2.41 bits per heavy atom. The highest BCUT2D eigenvalue weighted by Gasteiger charge is 2.29. The SMILES string of the molecule is O=C(CCCc1nc2ccccc2s1)Nc1ccc(NC(=O)C2CC2)cc1. The molecule has 1 heterocycles. The van der Waals surface area contributed by atoms with Gasteiger partial charge in [0, 0.05) is 23.7 Å². The number of hydrogen-bond acceptors (Lipinski definition) is 4. The number of para-hydroxylation sites is 1. The number of amides is 2. The second-order valence-electron chi connectivity index (χ2n) is 6.82. The first-order chi connectivity index (χ1) is 13.2. The Balaban J connectivity index is 1.23. The number of nitrogens with zero attached hydrogens (tertiary/aromatic N) is 1. The number of rotatable bonds is 7. The summed E-state index contributed by atoms with van der Waals surface area (Å²) >= 11 is 1.69. The van der Waals surface area contributed by atoms with Gasteiger partial charge in [-0.15, -0.1) is 11.3 Å². The van der Waals surface area contributed by atoms with Crippen LogP contribution in [0.25, 0.3) is 10.2 Å². The average Bonchev–Trinajstić information content (AvgIpc) is 3.43. The Kier molecular flexibility index (Phi) is 5.16. The molecule has 138 valence electrons. The van der Waals surface area contributed by atoms with Crippen molar-refractivity contribution < 1.29 is 9.59 Å². The summed E-state index contributed by atoms with van der Waals surface area (Å²) in [6.07, 6.45) is 3.99. The summed E-state index contributed by atoms with van der Waals surface area (Å²) in [5.41, 5.74) is 2.53. The van der Waals surface area contributed by atoms with Gasteiger partial charge in [-0.3, -0.25) is 9.59 Å². The summed E-state index contributed by atoms with van der Waals surface area (Å²) in [6, 6.07) is 15.3. The number of fused-ring (bicyclic) bond motifs is 1. The van der Waals surface area contributed by atoms with E-state index in [-0.39, 0.29) is 17.7 Å². The maximum Gasteiger partial charge on any atom is 0.227 e. The first kappa shape index (κ1) is 17.7. The lowest BCUT2D eigenvalue weighted by Crippen LogP contribution is -2.14. The van der Waals surface area contributed by atoms with Crippen molar-refractivity contribution in [2.45, 2.75) is 32.1 Å². The maximum atomic E-state index is 12.1. The van der Waals surface area contributed by atoms with Crippen LogP contribution in [0.2, 0.25) is 0 Å². The smallest absolute Gasteiger partial charge is 0.227 e. The van der Waals surface area contributed by atoms with Crippen molar-refractivity contribution in [3.63, 3.8) is 0 Å². The standard InChI is InChI=1S/C21H21N3O2S/c25-19(6-3-7-20-24-17-4-1-2-5-18(17)27-20)22-15-10-12-16(13-11-15)23-21(26)14-8-9-14/h1-2,4-5,10-14H,3,6-9H2,(H,22,25)(H,23,26). The highest BCUT2D eigenvalue weighted by Crippen LogP contribution is 2.30. The summed E-state index contributed by atoms with van der Waals surface area (Å²) in [5, 5.41) is 6.86. The van der Waals surface area contributed by atoms with Gasteiger partial charge in [-0.05, 0) is 62.1 Å². The normalized spacial score (nSPS) is 13.5. The highest BCUT2D eigenvalue weighted by atomic mass is 32.1. The highest BCUT2D eigenvalue weighted by molar-refractivity contribution is 7.18. The number of hydrogen-bond donors (Lipinski definition) is 2. The van der Waals surface area contributed by atoms with E-state index in [9.17, 15) is 9.59 Å². The molecule has 0 atom stereocenters. The van der Waals surface area contributed by atoms with Crippen LogP contribution in [-0.2, 0) is 16.0 Å². The molecule has 6 heteroatoms. The van der Waals surface area contributed by atoms with Crippen molar-refractivity contribution >= 4 is 44.7 Å². The van der Waals surface area contributed by atoms with Gasteiger partial charge >= 0.3 is 0 Å². The van der Waals surface area contributed by atoms with Crippen LogP contribution in [0.1, 0.15) is 30.7 Å². The van der Waals surface area contributed by atoms with Crippen LogP contribution in [0.5, 0.6) is 0 Å². The van der Waals surface area contributed by atoms with E-state index >= 15 is 0 Å². The molecule has 1 aliphatic carbocycles. The molecule has 4 rings (SSSR count). The van der Waals surface area contributed by atoms with Crippen molar-refractivity contribution in [1.82, 2.24) is 4.98 Å². The first-order valence-electron chi connectivity index (χ1n) is 9.22. The summed E-state index contributed by atoms with van der Waals surface area (Å²) in [4.78, 5) is 28.5. The summed E-state index contributed by atoms with van der Waals surface area (Å²) in [6.45, 7) is 0. The molecule has 0 bridgehead atoms. The molecule has 1 aromatic heterocycles. The Hall–Kier alpha value is -2.73. The minimum Gasteiger partial charge on any atom is -0.326 e. The average molecular weight is 379 g/mol. The van der Waals surface area contributed by atoms with Gasteiger partial charge in [-0.25, -0.2) is 4.98 Å². The third-order valence-electron chi connectivity index (χ3n) is 4.52. The molecule has 3 aromatic rings. The van der Waals surface area contributed by atoms with Crippen molar-refractivity contribution in [3.05, 3.63) is 53.5 Å². The van der Waals surface area contributed by atoms with E-state index in [1.807, 2.05) is 42.5 Å². The second kappa shape index (κ2) is 7.88. The van der Waals surface area contributed by atoms with Gasteiger partial charge in [-0.2, -0.15) is 0 Å². The zero-order chi connectivity index (χ0) is 18.6. The Morgan fingerprint density at radius 2 is 1.70 bits per heavy atom. The summed E-state index contributed by atoms with van der Waals surface area (Å²) in [5.74, 6) is 0.257. The number of anilines is 2. The van der Waals surface area contributed by atoms with Gasteiger partial charge in [0.05, 0.1) is 15.2 Å². The Labute approximate surface area is 161 Å². The van der Waals surface area contributed by atoms with Crippen molar-refractivity contribution in [2.24, 2.45) is 5.92 Å². The summed E-state index contributed by atoms with van der Waals surface area (Å²) in [7, 11) is 0. The number of aromatic nitrogens is 1. The van der Waals surface area contributed by atoms with Crippen molar-refractivity contribution in [2.75, 3.05) is 10.6 Å². The number of aryl methyl sites for hydroxylation is 1. The number of benzene rings is 2. The van der Waals surface area contributed by atoms with Crippen molar-refractivity contribution in [1.29, 1.82) is 0 Å². The van der Waals surface area contributed by atoms with Crippen LogP contribution in [0, 0.1) is 5.92 Å². The lowest BCUT2D eigenvalue weighted by molar-refractivity contribution is -0.117. The van der Waals surface area contributed by atoms with Crippen LogP contribution in [-0.4, -0.2) is 16.8 Å². The van der Waals surface area contributed by atoms with Gasteiger partial charge in [-0.1, -0.05) is 12.1 Å². The minimum atomic E-state index is -0.00845. The van der Waals surface area contributed by atoms with Gasteiger partial charge < -0.3 is 10.6 Å². The fraction of sp³-hybridized carbons (Fsp3) is 0.286. The zero-order valence-electron chi connectivity index (χ0n) is 14.9. The van der Waals surface area contributed by atoms with Gasteiger partial charge in [0.2, 0.25) is 11.8 Å². The predicted molar refractivity (Wildman–Crippen MR) is 109 cm³/mol.